The molecule has 0 aromatic heterocycles. The van der Waals surface area contributed by atoms with Gasteiger partial charge in [0.2, 0.25) is 0 Å². The minimum absolute atomic E-state index is 0.326. The van der Waals surface area contributed by atoms with E-state index in [4.69, 9.17) is 0 Å². The highest BCUT2D eigenvalue weighted by Gasteiger charge is 2.30. The second-order valence-corrected chi connectivity index (χ2v) is 7.55. The third-order valence-corrected chi connectivity index (χ3v) is 4.63. The molecule has 2 aliphatic rings. The predicted molar refractivity (Wildman–Crippen MR) is 61.6 cm³/mol. The summed E-state index contributed by atoms with van der Waals surface area (Å²) in [7, 11) is -2.79. The number of fused-ring (bicyclic) bond motifs is 2. The van der Waals surface area contributed by atoms with Crippen LogP contribution < -0.4 is 0 Å². The standard InChI is InChI=1S/C11H21NO2S/c1-15(13,14)6-5-12-8-10-3-2-4-11(7-10)9-12/h10-11H,2-9H2,1H3/t10-,11-/m1/s1. The summed E-state index contributed by atoms with van der Waals surface area (Å²) in [5, 5.41) is 0. The van der Waals surface area contributed by atoms with Gasteiger partial charge in [0.05, 0.1) is 5.75 Å². The molecule has 3 nitrogen and oxygen atoms in total. The maximum Gasteiger partial charge on any atom is 0.148 e. The second kappa shape index (κ2) is 4.42. The van der Waals surface area contributed by atoms with Crippen molar-refractivity contribution in [2.75, 3.05) is 31.6 Å². The van der Waals surface area contributed by atoms with Gasteiger partial charge in [-0.1, -0.05) is 6.42 Å². The van der Waals surface area contributed by atoms with E-state index in [1.54, 1.807) is 0 Å². The zero-order chi connectivity index (χ0) is 10.9. The van der Waals surface area contributed by atoms with E-state index in [0.29, 0.717) is 5.75 Å². The molecule has 2 bridgehead atoms. The van der Waals surface area contributed by atoms with Gasteiger partial charge in [-0.3, -0.25) is 0 Å². The summed E-state index contributed by atoms with van der Waals surface area (Å²) in [5.74, 6) is 2.01. The summed E-state index contributed by atoms with van der Waals surface area (Å²) in [4.78, 5) is 2.36. The lowest BCUT2D eigenvalue weighted by Crippen LogP contribution is -2.44. The van der Waals surface area contributed by atoms with Gasteiger partial charge in [-0.2, -0.15) is 0 Å². The average molecular weight is 231 g/mol. The Balaban J connectivity index is 1.84. The van der Waals surface area contributed by atoms with Gasteiger partial charge in [0.1, 0.15) is 9.84 Å². The molecule has 0 unspecified atom stereocenters. The maximum atomic E-state index is 11.1. The molecule has 0 aromatic carbocycles. The predicted octanol–water partition coefficient (Wildman–Crippen LogP) is 1.15. The highest BCUT2D eigenvalue weighted by molar-refractivity contribution is 7.90. The van der Waals surface area contributed by atoms with Crippen molar-refractivity contribution in [3.8, 4) is 0 Å². The topological polar surface area (TPSA) is 37.4 Å². The molecule has 88 valence electrons. The van der Waals surface area contributed by atoms with E-state index in [1.807, 2.05) is 0 Å². The van der Waals surface area contributed by atoms with E-state index in [2.05, 4.69) is 4.90 Å². The Hall–Kier alpha value is -0.0900. The van der Waals surface area contributed by atoms with Crippen molar-refractivity contribution in [1.82, 2.24) is 4.90 Å². The van der Waals surface area contributed by atoms with Crippen LogP contribution in [0.25, 0.3) is 0 Å². The third kappa shape index (κ3) is 3.45. The number of rotatable bonds is 3. The zero-order valence-corrected chi connectivity index (χ0v) is 10.3. The molecule has 2 atom stereocenters. The first-order valence-electron chi connectivity index (χ1n) is 5.93. The average Bonchev–Trinajstić information content (AvgIpc) is 2.13. The van der Waals surface area contributed by atoms with E-state index in [0.717, 1.165) is 31.5 Å². The summed E-state index contributed by atoms with van der Waals surface area (Å²) in [6.45, 7) is 3.00. The largest absolute Gasteiger partial charge is 0.302 e. The first-order chi connectivity index (χ1) is 7.03. The molecule has 0 N–H and O–H groups in total. The van der Waals surface area contributed by atoms with E-state index < -0.39 is 9.84 Å². The Kier molecular flexibility index (Phi) is 3.36. The molecule has 1 heterocycles. The molecule has 0 aromatic rings. The molecular formula is C11H21NO2S. The molecule has 0 amide bonds. The van der Waals surface area contributed by atoms with Gasteiger partial charge in [0.15, 0.2) is 0 Å². The Bertz CT molecular complexity index is 301. The zero-order valence-electron chi connectivity index (χ0n) is 9.48. The number of nitrogens with zero attached hydrogens (tertiary/aromatic N) is 1. The molecule has 1 saturated carbocycles. The van der Waals surface area contributed by atoms with Crippen LogP contribution in [0.4, 0.5) is 0 Å². The monoisotopic (exact) mass is 231 g/mol. The highest BCUT2D eigenvalue weighted by Crippen LogP contribution is 2.34. The lowest BCUT2D eigenvalue weighted by molar-refractivity contribution is 0.0912. The second-order valence-electron chi connectivity index (χ2n) is 5.29. The summed E-state index contributed by atoms with van der Waals surface area (Å²) >= 11 is 0. The highest BCUT2D eigenvalue weighted by atomic mass is 32.2. The number of hydrogen-bond donors (Lipinski definition) is 0. The van der Waals surface area contributed by atoms with E-state index in [-0.39, 0.29) is 0 Å². The lowest BCUT2D eigenvalue weighted by atomic mass is 9.78. The molecule has 1 saturated heterocycles. The maximum absolute atomic E-state index is 11.1. The van der Waals surface area contributed by atoms with Crippen LogP contribution in [0.3, 0.4) is 0 Å². The molecule has 1 aliphatic carbocycles. The minimum atomic E-state index is -2.79. The lowest BCUT2D eigenvalue weighted by Gasteiger charge is -2.41. The minimum Gasteiger partial charge on any atom is -0.302 e. The van der Waals surface area contributed by atoms with E-state index >= 15 is 0 Å². The summed E-state index contributed by atoms with van der Waals surface area (Å²) in [5.41, 5.74) is 0. The number of hydrogen-bond acceptors (Lipinski definition) is 3. The first kappa shape index (κ1) is 11.4. The summed E-state index contributed by atoms with van der Waals surface area (Å²) < 4.78 is 22.2. The molecule has 0 radical (unpaired) electrons. The van der Waals surface area contributed by atoms with Crippen LogP contribution in [0.15, 0.2) is 0 Å². The molecule has 1 aliphatic heterocycles. The number of likely N-dealkylation sites (tertiary alicyclic amines) is 1. The Morgan fingerprint density at radius 3 is 2.33 bits per heavy atom. The van der Waals surface area contributed by atoms with E-state index in [1.165, 1.54) is 31.9 Å². The quantitative estimate of drug-likeness (QED) is 0.731. The van der Waals surface area contributed by atoms with Crippen LogP contribution in [0.2, 0.25) is 0 Å². The molecule has 0 spiro atoms. The van der Waals surface area contributed by atoms with Crippen LogP contribution in [-0.4, -0.2) is 45.0 Å². The van der Waals surface area contributed by atoms with Crippen LogP contribution in [0.1, 0.15) is 25.7 Å². The summed E-state index contributed by atoms with van der Waals surface area (Å²) in [6, 6.07) is 0. The van der Waals surface area contributed by atoms with Crippen molar-refractivity contribution in [2.24, 2.45) is 11.8 Å². The van der Waals surface area contributed by atoms with Gasteiger partial charge in [-0.15, -0.1) is 0 Å². The van der Waals surface area contributed by atoms with Crippen LogP contribution in [0, 0.1) is 11.8 Å². The van der Waals surface area contributed by atoms with Gasteiger partial charge < -0.3 is 4.90 Å². The third-order valence-electron chi connectivity index (χ3n) is 3.70. The molecular weight excluding hydrogens is 210 g/mol. The normalized spacial score (nSPS) is 32.9. The SMILES string of the molecule is CS(=O)(=O)CCN1C[C@@H]2CCC[C@H](C2)C1. The first-order valence-corrected chi connectivity index (χ1v) is 7.99. The molecule has 2 rings (SSSR count). The fraction of sp³-hybridized carbons (Fsp3) is 1.00. The van der Waals surface area contributed by atoms with Crippen molar-refractivity contribution in [1.29, 1.82) is 0 Å². The summed E-state index contributed by atoms with van der Waals surface area (Å²) in [6.07, 6.45) is 6.81. The van der Waals surface area contributed by atoms with Gasteiger partial charge in [0.25, 0.3) is 0 Å². The Labute approximate surface area is 92.8 Å². The molecule has 15 heavy (non-hydrogen) atoms. The van der Waals surface area contributed by atoms with Gasteiger partial charge in [-0.05, 0) is 31.1 Å². The van der Waals surface area contributed by atoms with Gasteiger partial charge in [0, 0.05) is 25.9 Å². The van der Waals surface area contributed by atoms with E-state index in [9.17, 15) is 8.42 Å². The number of piperidine rings is 1. The van der Waals surface area contributed by atoms with Crippen LogP contribution in [0.5, 0.6) is 0 Å². The Morgan fingerprint density at radius 2 is 1.80 bits per heavy atom. The van der Waals surface area contributed by atoms with Crippen LogP contribution in [-0.2, 0) is 9.84 Å². The fourth-order valence-corrected chi connectivity index (χ4v) is 3.61. The molecule has 2 fully saturated rings. The van der Waals surface area contributed by atoms with Crippen molar-refractivity contribution < 1.29 is 8.42 Å². The van der Waals surface area contributed by atoms with Crippen molar-refractivity contribution in [3.05, 3.63) is 0 Å². The van der Waals surface area contributed by atoms with Crippen molar-refractivity contribution in [3.63, 3.8) is 0 Å². The number of sulfone groups is 1. The molecule has 4 heteroatoms. The van der Waals surface area contributed by atoms with Crippen molar-refractivity contribution in [2.45, 2.75) is 25.7 Å². The fourth-order valence-electron chi connectivity index (χ4n) is 3.02. The smallest absolute Gasteiger partial charge is 0.148 e. The van der Waals surface area contributed by atoms with Gasteiger partial charge >= 0.3 is 0 Å². The Morgan fingerprint density at radius 1 is 1.20 bits per heavy atom. The van der Waals surface area contributed by atoms with Crippen LogP contribution >= 0.6 is 0 Å². The van der Waals surface area contributed by atoms with Crippen molar-refractivity contribution >= 4 is 9.84 Å². The van der Waals surface area contributed by atoms with Gasteiger partial charge in [-0.25, -0.2) is 8.42 Å².